The Labute approximate surface area is 155 Å². The lowest BCUT2D eigenvalue weighted by Gasteiger charge is -2.51. The average molecular weight is 395 g/mol. The summed E-state index contributed by atoms with van der Waals surface area (Å²) in [5.41, 5.74) is 2.57. The molecule has 6 nitrogen and oxygen atoms in total. The molecule has 0 aromatic rings. The molecule has 1 N–H and O–H groups in total. The van der Waals surface area contributed by atoms with Crippen LogP contribution >= 0.6 is 0 Å². The van der Waals surface area contributed by atoms with Crippen LogP contribution in [0.5, 0.6) is 0 Å². The van der Waals surface area contributed by atoms with Gasteiger partial charge in [-0.15, -0.1) is 0 Å². The molecule has 1 saturated heterocycles. The topological polar surface area (TPSA) is 67.9 Å². The Balaban J connectivity index is 3.02. The third-order valence-corrected chi connectivity index (χ3v) is 11.0. The molecule has 0 aromatic carbocycles. The SMILES string of the molecule is CC(C)OC(=O)NN1C(=O)[C@H](O[Si](C(C)C)(C(C)C)C(C)C)[C@@H]1C(F)F. The van der Waals surface area contributed by atoms with Crippen molar-refractivity contribution in [1.29, 1.82) is 0 Å². The van der Waals surface area contributed by atoms with E-state index in [1.54, 1.807) is 13.8 Å². The molecule has 0 aliphatic carbocycles. The molecule has 1 aliphatic heterocycles. The molecule has 9 heteroatoms. The smallest absolute Gasteiger partial charge is 0.426 e. The zero-order chi connectivity index (χ0) is 20.4. The Kier molecular flexibility index (Phi) is 7.59. The number of nitrogens with zero attached hydrogens (tertiary/aromatic N) is 1. The number of hydrogen-bond donors (Lipinski definition) is 1. The van der Waals surface area contributed by atoms with Gasteiger partial charge >= 0.3 is 6.09 Å². The second-order valence-electron chi connectivity index (χ2n) is 7.96. The van der Waals surface area contributed by atoms with Gasteiger partial charge in [-0.3, -0.25) is 4.79 Å². The van der Waals surface area contributed by atoms with Crippen molar-refractivity contribution >= 4 is 20.3 Å². The molecule has 2 amide bonds. The number of alkyl halides is 2. The van der Waals surface area contributed by atoms with Crippen LogP contribution in [-0.4, -0.2) is 50.0 Å². The van der Waals surface area contributed by atoms with Crippen LogP contribution in [-0.2, 0) is 14.0 Å². The van der Waals surface area contributed by atoms with Crippen LogP contribution in [0.4, 0.5) is 13.6 Å². The van der Waals surface area contributed by atoms with Crippen LogP contribution in [0.3, 0.4) is 0 Å². The molecule has 26 heavy (non-hydrogen) atoms. The Bertz CT molecular complexity index is 493. The summed E-state index contributed by atoms with van der Waals surface area (Å²) in [4.78, 5) is 24.1. The molecular formula is C17H32F2N2O4Si. The Hall–Kier alpha value is -1.22. The molecule has 152 valence electrons. The molecule has 1 fully saturated rings. The highest BCUT2D eigenvalue weighted by Crippen LogP contribution is 2.45. The summed E-state index contributed by atoms with van der Waals surface area (Å²) in [6, 6.07) is -1.51. The van der Waals surface area contributed by atoms with Crippen LogP contribution < -0.4 is 5.43 Å². The van der Waals surface area contributed by atoms with Gasteiger partial charge in [-0.1, -0.05) is 41.5 Å². The van der Waals surface area contributed by atoms with Crippen molar-refractivity contribution in [2.75, 3.05) is 0 Å². The van der Waals surface area contributed by atoms with E-state index in [1.165, 1.54) is 0 Å². The minimum Gasteiger partial charge on any atom is -0.446 e. The highest BCUT2D eigenvalue weighted by molar-refractivity contribution is 6.77. The van der Waals surface area contributed by atoms with Crippen molar-refractivity contribution in [2.24, 2.45) is 0 Å². The maximum atomic E-state index is 13.6. The van der Waals surface area contributed by atoms with Gasteiger partial charge in [0.15, 0.2) is 6.10 Å². The van der Waals surface area contributed by atoms with E-state index in [0.29, 0.717) is 5.01 Å². The molecule has 0 spiro atoms. The summed E-state index contributed by atoms with van der Waals surface area (Å²) in [6.45, 7) is 15.4. The number of hydrogen-bond acceptors (Lipinski definition) is 4. The summed E-state index contributed by atoms with van der Waals surface area (Å²) in [6.07, 6.45) is -5.44. The average Bonchev–Trinajstić information content (AvgIpc) is 2.46. The summed E-state index contributed by atoms with van der Waals surface area (Å²) in [5.74, 6) is -0.658. The number of hydrazine groups is 1. The first kappa shape index (κ1) is 22.8. The fourth-order valence-corrected chi connectivity index (χ4v) is 9.44. The van der Waals surface area contributed by atoms with E-state index >= 15 is 0 Å². The minimum absolute atomic E-state index is 0.154. The van der Waals surface area contributed by atoms with E-state index in [4.69, 9.17) is 9.16 Å². The number of nitrogens with one attached hydrogen (secondary N) is 1. The van der Waals surface area contributed by atoms with Gasteiger partial charge in [0.25, 0.3) is 12.3 Å². The maximum Gasteiger partial charge on any atom is 0.426 e. The largest absolute Gasteiger partial charge is 0.446 e. The third-order valence-electron chi connectivity index (χ3n) is 4.94. The highest BCUT2D eigenvalue weighted by Gasteiger charge is 2.59. The fraction of sp³-hybridized carbons (Fsp3) is 0.882. The molecule has 1 rings (SSSR count). The van der Waals surface area contributed by atoms with Gasteiger partial charge in [-0.05, 0) is 30.5 Å². The van der Waals surface area contributed by atoms with Gasteiger partial charge in [0, 0.05) is 0 Å². The minimum atomic E-state index is -2.84. The fourth-order valence-electron chi connectivity index (χ4n) is 3.94. The Morgan fingerprint density at radius 1 is 1.04 bits per heavy atom. The monoisotopic (exact) mass is 394 g/mol. The lowest BCUT2D eigenvalue weighted by Crippen LogP contribution is -2.75. The number of carbonyl (C=O) groups is 2. The summed E-state index contributed by atoms with van der Waals surface area (Å²) >= 11 is 0. The Morgan fingerprint density at radius 3 is 1.85 bits per heavy atom. The predicted molar refractivity (Wildman–Crippen MR) is 97.3 cm³/mol. The van der Waals surface area contributed by atoms with Crippen molar-refractivity contribution < 1.29 is 27.5 Å². The van der Waals surface area contributed by atoms with Gasteiger partial charge in [-0.25, -0.2) is 24.0 Å². The quantitative estimate of drug-likeness (QED) is 0.498. The van der Waals surface area contributed by atoms with E-state index in [9.17, 15) is 18.4 Å². The number of halogens is 2. The Morgan fingerprint density at radius 2 is 1.50 bits per heavy atom. The summed E-state index contributed by atoms with van der Waals surface area (Å²) in [7, 11) is -2.51. The lowest BCUT2D eigenvalue weighted by molar-refractivity contribution is -0.184. The second kappa shape index (κ2) is 8.64. The van der Waals surface area contributed by atoms with Gasteiger partial charge in [-0.2, -0.15) is 0 Å². The van der Waals surface area contributed by atoms with Crippen LogP contribution in [0.2, 0.25) is 16.6 Å². The predicted octanol–water partition coefficient (Wildman–Crippen LogP) is 4.07. The molecular weight excluding hydrogens is 362 g/mol. The van der Waals surface area contributed by atoms with E-state index in [1.807, 2.05) is 41.5 Å². The molecule has 0 radical (unpaired) electrons. The standard InChI is InChI=1S/C17H32F2N2O4Si/c1-9(2)24-17(23)20-21-13(15(18)19)14(16(21)22)25-26(10(3)4,11(5)6)12(7)8/h9-15H,1-8H3,(H,20,23)/t13-,14-/m1/s1. The first-order valence-corrected chi connectivity index (χ1v) is 11.3. The second-order valence-corrected chi connectivity index (χ2v) is 13.4. The van der Waals surface area contributed by atoms with Gasteiger partial charge in [0.2, 0.25) is 8.32 Å². The van der Waals surface area contributed by atoms with Crippen molar-refractivity contribution in [3.63, 3.8) is 0 Å². The first-order valence-electron chi connectivity index (χ1n) is 9.12. The number of ether oxygens (including phenoxy) is 1. The summed E-state index contributed by atoms with van der Waals surface area (Å²) in [5, 5.41) is 0.639. The van der Waals surface area contributed by atoms with E-state index in [2.05, 4.69) is 5.43 Å². The number of β-lactam (4-membered cyclic amide) rings is 1. The molecule has 0 bridgehead atoms. The van der Waals surface area contributed by atoms with Gasteiger partial charge in [0.1, 0.15) is 6.04 Å². The number of rotatable bonds is 8. The molecule has 2 atom stereocenters. The molecule has 1 heterocycles. The normalized spacial score (nSPS) is 21.2. The number of carbonyl (C=O) groups excluding carboxylic acids is 2. The number of amides is 2. The van der Waals surface area contributed by atoms with Crippen molar-refractivity contribution in [1.82, 2.24) is 10.4 Å². The van der Waals surface area contributed by atoms with Gasteiger partial charge in [0.05, 0.1) is 6.10 Å². The van der Waals surface area contributed by atoms with Crippen LogP contribution in [0, 0.1) is 0 Å². The van der Waals surface area contributed by atoms with Crippen LogP contribution in [0.1, 0.15) is 55.4 Å². The van der Waals surface area contributed by atoms with Crippen LogP contribution in [0.25, 0.3) is 0 Å². The van der Waals surface area contributed by atoms with E-state index in [0.717, 1.165) is 0 Å². The molecule has 1 aliphatic rings. The van der Waals surface area contributed by atoms with Crippen molar-refractivity contribution in [2.45, 2.75) is 96.7 Å². The highest BCUT2D eigenvalue weighted by atomic mass is 28.4. The molecule has 0 aromatic heterocycles. The zero-order valence-electron chi connectivity index (χ0n) is 16.9. The molecule has 0 saturated carbocycles. The molecule has 0 unspecified atom stereocenters. The van der Waals surface area contributed by atoms with Gasteiger partial charge < -0.3 is 9.16 Å². The van der Waals surface area contributed by atoms with E-state index < -0.39 is 45.0 Å². The summed E-state index contributed by atoms with van der Waals surface area (Å²) < 4.78 is 38.3. The van der Waals surface area contributed by atoms with Crippen molar-refractivity contribution in [3.05, 3.63) is 0 Å². The zero-order valence-corrected chi connectivity index (χ0v) is 17.9. The lowest BCUT2D eigenvalue weighted by atomic mass is 10.0. The first-order chi connectivity index (χ1) is 11.9. The van der Waals surface area contributed by atoms with Crippen LogP contribution in [0.15, 0.2) is 0 Å². The van der Waals surface area contributed by atoms with E-state index in [-0.39, 0.29) is 16.6 Å². The van der Waals surface area contributed by atoms with Crippen molar-refractivity contribution in [3.8, 4) is 0 Å². The third kappa shape index (κ3) is 4.36. The maximum absolute atomic E-state index is 13.6.